The highest BCUT2D eigenvalue weighted by Crippen LogP contribution is 2.14. The predicted octanol–water partition coefficient (Wildman–Crippen LogP) is 4.79. The zero-order chi connectivity index (χ0) is 11.7. The average molecular weight is 206 g/mol. The highest BCUT2D eigenvalue weighted by molar-refractivity contribution is 5.32. The van der Waals surface area contributed by atoms with Gasteiger partial charge in [0.2, 0.25) is 0 Å². The van der Waals surface area contributed by atoms with E-state index >= 15 is 0 Å². The third-order valence-electron chi connectivity index (χ3n) is 2.57. The maximum Gasteiger partial charge on any atom is -0.0281 e. The van der Waals surface area contributed by atoms with Gasteiger partial charge >= 0.3 is 0 Å². The first kappa shape index (κ1) is 14.2. The second-order valence-corrected chi connectivity index (χ2v) is 3.56. The van der Waals surface area contributed by atoms with E-state index in [0.29, 0.717) is 0 Å². The summed E-state index contributed by atoms with van der Waals surface area (Å²) >= 11 is 0. The fraction of sp³-hybridized carbons (Fsp3) is 0.600. The number of rotatable bonds is 4. The van der Waals surface area contributed by atoms with Gasteiger partial charge in [0.1, 0.15) is 0 Å². The Morgan fingerprint density at radius 3 is 1.93 bits per heavy atom. The van der Waals surface area contributed by atoms with E-state index in [9.17, 15) is 0 Å². The third kappa shape index (κ3) is 4.51. The van der Waals surface area contributed by atoms with Gasteiger partial charge in [0.05, 0.1) is 0 Å². The summed E-state index contributed by atoms with van der Waals surface area (Å²) in [7, 11) is 0. The average Bonchev–Trinajstić information content (AvgIpc) is 2.32. The summed E-state index contributed by atoms with van der Waals surface area (Å²) in [6.45, 7) is 10.7. The molecule has 0 radical (unpaired) electrons. The molecule has 0 bridgehead atoms. The summed E-state index contributed by atoms with van der Waals surface area (Å²) in [6.07, 6.45) is 4.79. The minimum absolute atomic E-state index is 1.16. The van der Waals surface area contributed by atoms with Crippen LogP contribution in [-0.2, 0) is 19.3 Å². The number of hydrogen-bond acceptors (Lipinski definition) is 0. The first-order valence-electron chi connectivity index (χ1n) is 6.42. The molecule has 0 amide bonds. The molecule has 15 heavy (non-hydrogen) atoms. The first-order valence-corrected chi connectivity index (χ1v) is 6.42. The van der Waals surface area contributed by atoms with Crippen LogP contribution in [0.25, 0.3) is 0 Å². The lowest BCUT2D eigenvalue weighted by Crippen LogP contribution is -1.93. The second-order valence-electron chi connectivity index (χ2n) is 3.56. The summed E-state index contributed by atoms with van der Waals surface area (Å²) in [4.78, 5) is 0. The largest absolute Gasteiger partial charge is 0.0683 e. The maximum absolute atomic E-state index is 2.38. The van der Waals surface area contributed by atoms with Crippen molar-refractivity contribution in [2.24, 2.45) is 0 Å². The van der Waals surface area contributed by atoms with Gasteiger partial charge < -0.3 is 0 Å². The highest BCUT2D eigenvalue weighted by atomic mass is 14.0. The van der Waals surface area contributed by atoms with Crippen molar-refractivity contribution in [3.05, 3.63) is 34.9 Å². The van der Waals surface area contributed by atoms with Crippen LogP contribution in [0.5, 0.6) is 0 Å². The molecule has 0 N–H and O–H groups in total. The predicted molar refractivity (Wildman–Crippen MR) is 70.5 cm³/mol. The van der Waals surface area contributed by atoms with Crippen molar-refractivity contribution < 1.29 is 0 Å². The number of aryl methyl sites for hydroxylation is 3. The minimum Gasteiger partial charge on any atom is -0.0683 e. The Balaban J connectivity index is 0.000000921. The zero-order valence-electron chi connectivity index (χ0n) is 11.1. The lowest BCUT2D eigenvalue weighted by atomic mass is 9.98. The van der Waals surface area contributed by atoms with Gasteiger partial charge in [0, 0.05) is 0 Å². The van der Waals surface area contributed by atoms with Gasteiger partial charge in [-0.25, -0.2) is 0 Å². The first-order chi connectivity index (χ1) is 7.31. The maximum atomic E-state index is 2.38. The molecule has 0 saturated heterocycles. The highest BCUT2D eigenvalue weighted by Gasteiger charge is 1.99. The van der Waals surface area contributed by atoms with Gasteiger partial charge in [-0.3, -0.25) is 0 Å². The van der Waals surface area contributed by atoms with E-state index in [4.69, 9.17) is 0 Å². The van der Waals surface area contributed by atoms with Crippen LogP contribution in [0.2, 0.25) is 0 Å². The molecule has 0 heteroatoms. The van der Waals surface area contributed by atoms with Gasteiger partial charge in [0.25, 0.3) is 0 Å². The van der Waals surface area contributed by atoms with Crippen LogP contribution in [0.1, 0.15) is 57.7 Å². The number of hydrogen-bond donors (Lipinski definition) is 0. The van der Waals surface area contributed by atoms with Gasteiger partial charge in [-0.05, 0) is 36.0 Å². The molecule has 0 aromatic heterocycles. The molecule has 1 rings (SSSR count). The Labute approximate surface area is 95.7 Å². The van der Waals surface area contributed by atoms with Crippen molar-refractivity contribution in [1.29, 1.82) is 0 Å². The molecule has 1 aromatic carbocycles. The Hall–Kier alpha value is -0.780. The molecule has 1 aromatic rings. The molecular formula is C15H26. The van der Waals surface area contributed by atoms with E-state index in [1.807, 2.05) is 13.8 Å². The van der Waals surface area contributed by atoms with E-state index in [0.717, 1.165) is 6.42 Å². The molecule has 0 spiro atoms. The molecule has 0 aliphatic rings. The quantitative estimate of drug-likeness (QED) is 0.664. The van der Waals surface area contributed by atoms with E-state index in [1.54, 1.807) is 0 Å². The lowest BCUT2D eigenvalue weighted by molar-refractivity contribution is 0.911. The van der Waals surface area contributed by atoms with Crippen molar-refractivity contribution in [2.45, 2.75) is 60.3 Å². The summed E-state index contributed by atoms with van der Waals surface area (Å²) in [6, 6.07) is 6.95. The molecule has 0 saturated carbocycles. The second kappa shape index (κ2) is 8.52. The summed E-state index contributed by atoms with van der Waals surface area (Å²) in [5.41, 5.74) is 4.55. The lowest BCUT2D eigenvalue weighted by Gasteiger charge is -2.07. The molecule has 0 aliphatic carbocycles. The summed E-state index contributed by atoms with van der Waals surface area (Å²) in [5.74, 6) is 0. The van der Waals surface area contributed by atoms with Crippen LogP contribution in [0, 0.1) is 0 Å². The van der Waals surface area contributed by atoms with Gasteiger partial charge in [-0.2, -0.15) is 0 Å². The van der Waals surface area contributed by atoms with Crippen molar-refractivity contribution >= 4 is 0 Å². The van der Waals surface area contributed by atoms with E-state index < -0.39 is 0 Å². The summed E-state index contributed by atoms with van der Waals surface area (Å²) < 4.78 is 0. The smallest absolute Gasteiger partial charge is 0.0281 e. The topological polar surface area (TPSA) is 0 Å². The Morgan fingerprint density at radius 2 is 1.47 bits per heavy atom. The fourth-order valence-electron chi connectivity index (χ4n) is 1.80. The third-order valence-corrected chi connectivity index (χ3v) is 2.57. The van der Waals surface area contributed by atoms with E-state index in [1.165, 1.54) is 36.0 Å². The van der Waals surface area contributed by atoms with Crippen molar-refractivity contribution in [1.82, 2.24) is 0 Å². The van der Waals surface area contributed by atoms with Crippen LogP contribution < -0.4 is 0 Å². The van der Waals surface area contributed by atoms with Gasteiger partial charge in [-0.1, -0.05) is 59.2 Å². The molecule has 86 valence electrons. The Bertz CT molecular complexity index is 261. The molecule has 0 nitrogen and oxygen atoms in total. The van der Waals surface area contributed by atoms with E-state index in [2.05, 4.69) is 39.0 Å². The van der Waals surface area contributed by atoms with E-state index in [-0.39, 0.29) is 0 Å². The van der Waals surface area contributed by atoms with Crippen LogP contribution >= 0.6 is 0 Å². The van der Waals surface area contributed by atoms with Gasteiger partial charge in [0.15, 0.2) is 0 Å². The van der Waals surface area contributed by atoms with Crippen LogP contribution in [0.4, 0.5) is 0 Å². The van der Waals surface area contributed by atoms with Crippen LogP contribution in [0.3, 0.4) is 0 Å². The standard InChI is InChI=1S/C13H20.C2H6/c1-4-7-11-8-9-12(5-2)13(6-3)10-11;1-2/h8-10H,4-7H2,1-3H3;1-2H3. The van der Waals surface area contributed by atoms with Crippen molar-refractivity contribution in [2.75, 3.05) is 0 Å². The van der Waals surface area contributed by atoms with Crippen molar-refractivity contribution in [3.63, 3.8) is 0 Å². The molecular weight excluding hydrogens is 180 g/mol. The SMILES string of the molecule is CC.CCCc1ccc(CC)c(CC)c1. The molecule has 0 atom stereocenters. The zero-order valence-corrected chi connectivity index (χ0v) is 11.1. The number of benzene rings is 1. The molecule has 0 heterocycles. The van der Waals surface area contributed by atoms with Crippen LogP contribution in [0.15, 0.2) is 18.2 Å². The molecule has 0 unspecified atom stereocenters. The van der Waals surface area contributed by atoms with Gasteiger partial charge in [-0.15, -0.1) is 0 Å². The Morgan fingerprint density at radius 1 is 0.867 bits per heavy atom. The summed E-state index contributed by atoms with van der Waals surface area (Å²) in [5, 5.41) is 0. The monoisotopic (exact) mass is 206 g/mol. The Kier molecular flexibility index (Phi) is 8.08. The van der Waals surface area contributed by atoms with Crippen molar-refractivity contribution in [3.8, 4) is 0 Å². The molecule has 0 fully saturated rings. The molecule has 0 aliphatic heterocycles. The minimum atomic E-state index is 1.16. The normalized spacial score (nSPS) is 9.40. The van der Waals surface area contributed by atoms with Crippen LogP contribution in [-0.4, -0.2) is 0 Å². The fourth-order valence-corrected chi connectivity index (χ4v) is 1.80.